The van der Waals surface area contributed by atoms with E-state index in [1.165, 1.54) is 26.2 Å². The number of aliphatic imine (C=N–C) groups is 1. The van der Waals surface area contributed by atoms with Crippen LogP contribution < -0.4 is 10.6 Å². The Kier molecular flexibility index (Phi) is 9.37. The minimum absolute atomic E-state index is 0. The van der Waals surface area contributed by atoms with E-state index in [4.69, 9.17) is 9.73 Å². The minimum atomic E-state index is -0.192. The molecule has 4 fully saturated rings. The Morgan fingerprint density at radius 1 is 1.11 bits per heavy atom. The first kappa shape index (κ1) is 22.5. The van der Waals surface area contributed by atoms with Crippen molar-refractivity contribution in [3.63, 3.8) is 0 Å². The zero-order valence-electron chi connectivity index (χ0n) is 16.7. The number of rotatable bonds is 5. The van der Waals surface area contributed by atoms with Crippen LogP contribution in [0.3, 0.4) is 0 Å². The Bertz CT molecular complexity index is 490. The van der Waals surface area contributed by atoms with E-state index in [9.17, 15) is 4.79 Å². The summed E-state index contributed by atoms with van der Waals surface area (Å²) in [6, 6.07) is 0.893. The number of ether oxygens (including phenoxy) is 1. The SMILES string of the molecule is CCNC(=NCC1CN2CCN1CC2)NC1CCN(C(=O)OCC)CC1.I. The summed E-state index contributed by atoms with van der Waals surface area (Å²) in [5, 5.41) is 6.93. The maximum Gasteiger partial charge on any atom is 0.409 e. The highest BCUT2D eigenvalue weighted by molar-refractivity contribution is 14.0. The van der Waals surface area contributed by atoms with Crippen molar-refractivity contribution in [2.45, 2.75) is 38.8 Å². The van der Waals surface area contributed by atoms with Crippen molar-refractivity contribution < 1.29 is 9.53 Å². The molecule has 0 aliphatic carbocycles. The summed E-state index contributed by atoms with van der Waals surface area (Å²) in [6.07, 6.45) is 1.65. The summed E-state index contributed by atoms with van der Waals surface area (Å²) >= 11 is 0. The van der Waals surface area contributed by atoms with Crippen molar-refractivity contribution in [1.29, 1.82) is 0 Å². The van der Waals surface area contributed by atoms with Crippen LogP contribution in [0.25, 0.3) is 0 Å². The molecule has 1 atom stereocenters. The number of hydrogen-bond donors (Lipinski definition) is 2. The number of hydrogen-bond acceptors (Lipinski definition) is 5. The van der Waals surface area contributed by atoms with Gasteiger partial charge in [0.05, 0.1) is 13.2 Å². The predicted molar refractivity (Wildman–Crippen MR) is 118 cm³/mol. The number of halogens is 1. The van der Waals surface area contributed by atoms with Gasteiger partial charge in [-0.1, -0.05) is 0 Å². The Labute approximate surface area is 180 Å². The van der Waals surface area contributed by atoms with E-state index in [1.807, 2.05) is 6.92 Å². The van der Waals surface area contributed by atoms with Crippen molar-refractivity contribution in [1.82, 2.24) is 25.3 Å². The molecule has 4 rings (SSSR count). The topological polar surface area (TPSA) is 72.4 Å². The van der Waals surface area contributed by atoms with Crippen molar-refractivity contribution in [3.05, 3.63) is 0 Å². The largest absolute Gasteiger partial charge is 0.450 e. The summed E-state index contributed by atoms with van der Waals surface area (Å²) in [5.74, 6) is 0.903. The molecule has 0 spiro atoms. The van der Waals surface area contributed by atoms with Crippen molar-refractivity contribution in [2.75, 3.05) is 65.5 Å². The molecule has 0 aromatic carbocycles. The van der Waals surface area contributed by atoms with Gasteiger partial charge in [-0.2, -0.15) is 0 Å². The van der Waals surface area contributed by atoms with Crippen LogP contribution in [0.5, 0.6) is 0 Å². The third-order valence-corrected chi connectivity index (χ3v) is 5.56. The van der Waals surface area contributed by atoms with Crippen molar-refractivity contribution >= 4 is 36.0 Å². The first-order valence-corrected chi connectivity index (χ1v) is 10.1. The van der Waals surface area contributed by atoms with Gasteiger partial charge in [-0.05, 0) is 26.7 Å². The average molecular weight is 494 g/mol. The van der Waals surface area contributed by atoms with Crippen LogP contribution >= 0.6 is 24.0 Å². The molecule has 1 amide bonds. The van der Waals surface area contributed by atoms with Crippen LogP contribution in [0.15, 0.2) is 4.99 Å². The van der Waals surface area contributed by atoms with E-state index in [0.717, 1.165) is 51.5 Å². The molecule has 4 aliphatic heterocycles. The van der Waals surface area contributed by atoms with Gasteiger partial charge in [0.1, 0.15) is 0 Å². The second-order valence-corrected chi connectivity index (χ2v) is 7.31. The van der Waals surface area contributed by atoms with Crippen LogP contribution in [0, 0.1) is 0 Å². The van der Waals surface area contributed by atoms with E-state index in [2.05, 4.69) is 27.4 Å². The average Bonchev–Trinajstić information content (AvgIpc) is 2.68. The first-order chi connectivity index (χ1) is 12.7. The Balaban J connectivity index is 0.00000261. The maximum atomic E-state index is 11.8. The number of carbonyl (C=O) groups is 1. The smallest absolute Gasteiger partial charge is 0.409 e. The Morgan fingerprint density at radius 2 is 1.81 bits per heavy atom. The molecule has 8 nitrogen and oxygen atoms in total. The van der Waals surface area contributed by atoms with Gasteiger partial charge in [-0.25, -0.2) is 4.79 Å². The predicted octanol–water partition coefficient (Wildman–Crippen LogP) is 0.780. The lowest BCUT2D eigenvalue weighted by Gasteiger charge is -2.47. The normalized spacial score (nSPS) is 28.4. The van der Waals surface area contributed by atoms with Gasteiger partial charge in [0.2, 0.25) is 0 Å². The number of carbonyl (C=O) groups excluding carboxylic acids is 1. The van der Waals surface area contributed by atoms with Crippen LogP contribution in [0.2, 0.25) is 0 Å². The lowest BCUT2D eigenvalue weighted by molar-refractivity contribution is 0.0174. The lowest BCUT2D eigenvalue weighted by Crippen LogP contribution is -2.62. The molecule has 4 heterocycles. The van der Waals surface area contributed by atoms with Gasteiger partial charge in [-0.3, -0.25) is 14.8 Å². The second-order valence-electron chi connectivity index (χ2n) is 7.31. The van der Waals surface area contributed by atoms with E-state index >= 15 is 0 Å². The molecule has 1 unspecified atom stereocenters. The molecule has 0 saturated carbocycles. The van der Waals surface area contributed by atoms with Crippen molar-refractivity contribution in [3.8, 4) is 0 Å². The molecular formula is C18H35IN6O2. The standard InChI is InChI=1S/C18H34N6O2.HI/c1-3-19-17(20-13-16-14-22-9-11-23(16)12-10-22)21-15-5-7-24(8-6-15)18(25)26-4-2;/h15-16H,3-14H2,1-2H3,(H2,19,20,21);1H. The lowest BCUT2D eigenvalue weighted by atomic mass is 10.1. The van der Waals surface area contributed by atoms with E-state index < -0.39 is 0 Å². The highest BCUT2D eigenvalue weighted by Gasteiger charge is 2.31. The third kappa shape index (κ3) is 6.35. The summed E-state index contributed by atoms with van der Waals surface area (Å²) in [6.45, 7) is 13.5. The fraction of sp³-hybridized carbons (Fsp3) is 0.889. The summed E-state index contributed by atoms with van der Waals surface area (Å²) in [4.78, 5) is 23.6. The molecule has 2 N–H and O–H groups in total. The molecular weight excluding hydrogens is 459 g/mol. The minimum Gasteiger partial charge on any atom is -0.450 e. The molecule has 2 bridgehead atoms. The number of likely N-dealkylation sites (tertiary alicyclic amines) is 1. The number of guanidine groups is 1. The number of piperazine rings is 3. The maximum absolute atomic E-state index is 11.8. The summed E-state index contributed by atoms with van der Waals surface area (Å²) in [5.41, 5.74) is 0. The van der Waals surface area contributed by atoms with Crippen LogP contribution in [0.4, 0.5) is 4.79 Å². The molecule has 0 aromatic rings. The zero-order valence-corrected chi connectivity index (χ0v) is 19.0. The zero-order chi connectivity index (χ0) is 18.4. The monoisotopic (exact) mass is 494 g/mol. The van der Waals surface area contributed by atoms with Gasteiger partial charge >= 0.3 is 6.09 Å². The first-order valence-electron chi connectivity index (χ1n) is 10.1. The third-order valence-electron chi connectivity index (χ3n) is 5.56. The quantitative estimate of drug-likeness (QED) is 0.335. The van der Waals surface area contributed by atoms with E-state index in [1.54, 1.807) is 4.90 Å². The van der Waals surface area contributed by atoms with Gasteiger partial charge in [-0.15, -0.1) is 24.0 Å². The Hall–Kier alpha value is -0.810. The molecule has 0 radical (unpaired) electrons. The van der Waals surface area contributed by atoms with Crippen LogP contribution in [-0.2, 0) is 4.74 Å². The molecule has 4 saturated heterocycles. The highest BCUT2D eigenvalue weighted by Crippen LogP contribution is 2.16. The van der Waals surface area contributed by atoms with E-state index in [0.29, 0.717) is 18.7 Å². The van der Waals surface area contributed by atoms with Crippen LogP contribution in [0.1, 0.15) is 26.7 Å². The second kappa shape index (κ2) is 11.3. The summed E-state index contributed by atoms with van der Waals surface area (Å²) in [7, 11) is 0. The van der Waals surface area contributed by atoms with Gasteiger partial charge in [0, 0.05) is 64.4 Å². The number of amides is 1. The highest BCUT2D eigenvalue weighted by atomic mass is 127. The van der Waals surface area contributed by atoms with Crippen LogP contribution in [-0.4, -0.2) is 104 Å². The van der Waals surface area contributed by atoms with E-state index in [-0.39, 0.29) is 30.1 Å². The fourth-order valence-electron chi connectivity index (χ4n) is 4.03. The van der Waals surface area contributed by atoms with Crippen molar-refractivity contribution in [2.24, 2.45) is 4.99 Å². The molecule has 27 heavy (non-hydrogen) atoms. The molecule has 0 aromatic heterocycles. The van der Waals surface area contributed by atoms with Gasteiger partial charge in [0.15, 0.2) is 5.96 Å². The number of piperidine rings is 1. The number of nitrogens with one attached hydrogen (secondary N) is 2. The van der Waals surface area contributed by atoms with Gasteiger partial charge in [0.25, 0.3) is 0 Å². The summed E-state index contributed by atoms with van der Waals surface area (Å²) < 4.78 is 5.09. The number of fused-ring (bicyclic) bond motifs is 3. The fourth-order valence-corrected chi connectivity index (χ4v) is 4.03. The molecule has 4 aliphatic rings. The Morgan fingerprint density at radius 3 is 2.37 bits per heavy atom. The molecule has 156 valence electrons. The molecule has 9 heteroatoms. The van der Waals surface area contributed by atoms with Gasteiger partial charge < -0.3 is 20.3 Å². The number of nitrogens with zero attached hydrogens (tertiary/aromatic N) is 4.